The van der Waals surface area contributed by atoms with Crippen LogP contribution in [0.25, 0.3) is 39.2 Å². The summed E-state index contributed by atoms with van der Waals surface area (Å²) in [5, 5.41) is 0. The van der Waals surface area contributed by atoms with Crippen molar-refractivity contribution in [2.75, 3.05) is 7.11 Å². The number of carbonyl (C=O) groups excluding carboxylic acids is 1. The minimum absolute atomic E-state index is 0.0309. The molecule has 5 aromatic rings. The Morgan fingerprint density at radius 2 is 1.86 bits per heavy atom. The topological polar surface area (TPSA) is 108 Å². The van der Waals surface area contributed by atoms with Crippen LogP contribution in [0.1, 0.15) is 16.2 Å². The van der Waals surface area contributed by atoms with E-state index in [4.69, 9.17) is 10.5 Å². The van der Waals surface area contributed by atoms with Gasteiger partial charge in [0, 0.05) is 24.2 Å². The lowest BCUT2D eigenvalue weighted by molar-refractivity contribution is 0.0991. The van der Waals surface area contributed by atoms with Crippen LogP contribution < -0.4 is 16.2 Å². The summed E-state index contributed by atoms with van der Waals surface area (Å²) in [7, 11) is 3.07. The number of aromatic amines is 1. The minimum Gasteiger partial charge on any atom is -0.497 e. The Balaban J connectivity index is 1.72. The summed E-state index contributed by atoms with van der Waals surface area (Å²) in [6, 6.07) is 17.4. The standard InChI is InChI=1S/C26H22FN5O3/c1-14-5-4-6-15(11-14)22-23(30-25(29-22)24(28)33)16-7-9-20-21(12-16)31(2)26(34)32(20)19-10-8-17(35-3)13-18(19)27/h4-13H,1-3H3,(H2,28,33)(H,29,30). The minimum atomic E-state index is -0.681. The molecular weight excluding hydrogens is 449 g/mol. The van der Waals surface area contributed by atoms with Crippen LogP contribution >= 0.6 is 0 Å². The average Bonchev–Trinajstić information content (AvgIpc) is 3.39. The van der Waals surface area contributed by atoms with E-state index in [9.17, 15) is 14.0 Å². The number of ether oxygens (including phenoxy) is 1. The third-order valence-corrected chi connectivity index (χ3v) is 5.97. The first-order valence-corrected chi connectivity index (χ1v) is 10.8. The predicted octanol–water partition coefficient (Wildman–Crippen LogP) is 3.94. The Morgan fingerprint density at radius 3 is 2.54 bits per heavy atom. The Hall–Kier alpha value is -4.66. The number of hydrogen-bond donors (Lipinski definition) is 2. The third kappa shape index (κ3) is 3.67. The van der Waals surface area contributed by atoms with Gasteiger partial charge in [0.15, 0.2) is 11.6 Å². The molecule has 0 bridgehead atoms. The van der Waals surface area contributed by atoms with Crippen molar-refractivity contribution in [3.63, 3.8) is 0 Å². The zero-order valence-electron chi connectivity index (χ0n) is 19.3. The van der Waals surface area contributed by atoms with E-state index >= 15 is 0 Å². The molecule has 35 heavy (non-hydrogen) atoms. The first-order chi connectivity index (χ1) is 16.8. The van der Waals surface area contributed by atoms with Crippen molar-refractivity contribution in [2.24, 2.45) is 12.8 Å². The SMILES string of the molecule is COc1ccc(-n2c(=O)n(C)c3cc(-c4[nH]c(C(N)=O)nc4-c4cccc(C)c4)ccc32)c(F)c1. The molecule has 5 rings (SSSR count). The van der Waals surface area contributed by atoms with Gasteiger partial charge in [-0.3, -0.25) is 13.9 Å². The van der Waals surface area contributed by atoms with E-state index in [1.165, 1.54) is 28.4 Å². The summed E-state index contributed by atoms with van der Waals surface area (Å²) in [5.74, 6) is -0.873. The van der Waals surface area contributed by atoms with Gasteiger partial charge in [-0.2, -0.15) is 0 Å². The molecule has 2 heterocycles. The number of carbonyl (C=O) groups is 1. The summed E-state index contributed by atoms with van der Waals surface area (Å²) in [5.41, 5.74) is 10.0. The number of amides is 1. The summed E-state index contributed by atoms with van der Waals surface area (Å²) < 4.78 is 22.7. The largest absolute Gasteiger partial charge is 0.497 e. The van der Waals surface area contributed by atoms with E-state index in [0.717, 1.165) is 11.1 Å². The van der Waals surface area contributed by atoms with Crippen molar-refractivity contribution in [1.82, 2.24) is 19.1 Å². The highest BCUT2D eigenvalue weighted by Gasteiger charge is 2.20. The molecule has 0 saturated heterocycles. The average molecular weight is 471 g/mol. The summed E-state index contributed by atoms with van der Waals surface area (Å²) in [4.78, 5) is 32.4. The Morgan fingerprint density at radius 1 is 1.06 bits per heavy atom. The maximum absolute atomic E-state index is 14.8. The number of nitrogens with two attached hydrogens (primary N) is 1. The lowest BCUT2D eigenvalue weighted by Gasteiger charge is -2.08. The Kier molecular flexibility index (Phi) is 5.24. The monoisotopic (exact) mass is 471 g/mol. The number of rotatable bonds is 5. The second-order valence-corrected chi connectivity index (χ2v) is 8.24. The molecule has 0 unspecified atom stereocenters. The van der Waals surface area contributed by atoms with Gasteiger partial charge in [-0.05, 0) is 37.3 Å². The van der Waals surface area contributed by atoms with Gasteiger partial charge in [0.2, 0.25) is 0 Å². The van der Waals surface area contributed by atoms with Crippen molar-refractivity contribution in [3.8, 4) is 34.0 Å². The summed E-state index contributed by atoms with van der Waals surface area (Å²) in [6.45, 7) is 1.97. The van der Waals surface area contributed by atoms with Crippen molar-refractivity contribution < 1.29 is 13.9 Å². The van der Waals surface area contributed by atoms with Gasteiger partial charge in [0.1, 0.15) is 5.75 Å². The maximum atomic E-state index is 14.8. The van der Waals surface area contributed by atoms with Gasteiger partial charge in [-0.25, -0.2) is 14.2 Å². The van der Waals surface area contributed by atoms with E-state index in [-0.39, 0.29) is 11.5 Å². The quantitative estimate of drug-likeness (QED) is 0.405. The number of halogens is 1. The number of benzene rings is 3. The molecule has 2 aromatic heterocycles. The molecule has 0 aliphatic rings. The number of hydrogen-bond acceptors (Lipinski definition) is 4. The van der Waals surface area contributed by atoms with Gasteiger partial charge in [0.05, 0.1) is 35.2 Å². The lowest BCUT2D eigenvalue weighted by Crippen LogP contribution is -2.21. The second-order valence-electron chi connectivity index (χ2n) is 8.24. The molecule has 0 fully saturated rings. The maximum Gasteiger partial charge on any atom is 0.333 e. The zero-order chi connectivity index (χ0) is 24.9. The van der Waals surface area contributed by atoms with Crippen molar-refractivity contribution in [1.29, 1.82) is 0 Å². The number of methoxy groups -OCH3 is 1. The van der Waals surface area contributed by atoms with E-state index in [1.807, 2.05) is 31.2 Å². The molecule has 0 aliphatic heterocycles. The van der Waals surface area contributed by atoms with Crippen LogP contribution in [0.3, 0.4) is 0 Å². The molecule has 0 atom stereocenters. The van der Waals surface area contributed by atoms with E-state index in [1.54, 1.807) is 31.3 Å². The Labute approximate surface area is 199 Å². The molecule has 0 radical (unpaired) electrons. The van der Waals surface area contributed by atoms with E-state index < -0.39 is 17.4 Å². The zero-order valence-corrected chi connectivity index (χ0v) is 19.3. The third-order valence-electron chi connectivity index (χ3n) is 5.97. The number of fused-ring (bicyclic) bond motifs is 1. The first kappa shape index (κ1) is 22.1. The number of aromatic nitrogens is 4. The van der Waals surface area contributed by atoms with Crippen LogP contribution in [-0.2, 0) is 7.05 Å². The summed E-state index contributed by atoms with van der Waals surface area (Å²) in [6.07, 6.45) is 0. The molecule has 8 nitrogen and oxygen atoms in total. The molecular formula is C26H22FN5O3. The van der Waals surface area contributed by atoms with Crippen LogP contribution in [0.5, 0.6) is 5.75 Å². The lowest BCUT2D eigenvalue weighted by atomic mass is 10.0. The van der Waals surface area contributed by atoms with Gasteiger partial charge >= 0.3 is 5.69 Å². The van der Waals surface area contributed by atoms with Crippen LogP contribution in [0, 0.1) is 12.7 Å². The molecule has 9 heteroatoms. The molecule has 1 amide bonds. The predicted molar refractivity (Wildman–Crippen MR) is 131 cm³/mol. The molecule has 3 N–H and O–H groups in total. The number of nitrogens with zero attached hydrogens (tertiary/aromatic N) is 3. The highest BCUT2D eigenvalue weighted by atomic mass is 19.1. The van der Waals surface area contributed by atoms with Crippen LogP contribution in [0.15, 0.2) is 65.5 Å². The molecule has 0 aliphatic carbocycles. The van der Waals surface area contributed by atoms with Gasteiger partial charge < -0.3 is 15.5 Å². The number of imidazole rings is 2. The smallest absolute Gasteiger partial charge is 0.333 e. The first-order valence-electron chi connectivity index (χ1n) is 10.8. The van der Waals surface area contributed by atoms with Crippen LogP contribution in [0.4, 0.5) is 4.39 Å². The number of nitrogens with one attached hydrogen (secondary N) is 1. The molecule has 176 valence electrons. The normalized spacial score (nSPS) is 11.2. The fraction of sp³-hybridized carbons (Fsp3) is 0.115. The van der Waals surface area contributed by atoms with Crippen LogP contribution in [-0.4, -0.2) is 32.1 Å². The molecule has 0 spiro atoms. The number of aryl methyl sites for hydroxylation is 2. The highest BCUT2D eigenvalue weighted by molar-refractivity contribution is 5.93. The number of primary amides is 1. The fourth-order valence-electron chi connectivity index (χ4n) is 4.22. The highest BCUT2D eigenvalue weighted by Crippen LogP contribution is 2.33. The summed E-state index contributed by atoms with van der Waals surface area (Å²) >= 11 is 0. The van der Waals surface area contributed by atoms with Crippen molar-refractivity contribution in [2.45, 2.75) is 6.92 Å². The van der Waals surface area contributed by atoms with Gasteiger partial charge in [-0.1, -0.05) is 29.8 Å². The van der Waals surface area contributed by atoms with E-state index in [0.29, 0.717) is 33.7 Å². The van der Waals surface area contributed by atoms with Crippen molar-refractivity contribution >= 4 is 16.9 Å². The van der Waals surface area contributed by atoms with Gasteiger partial charge in [0.25, 0.3) is 5.91 Å². The van der Waals surface area contributed by atoms with Gasteiger partial charge in [-0.15, -0.1) is 0 Å². The van der Waals surface area contributed by atoms with E-state index in [2.05, 4.69) is 9.97 Å². The Bertz CT molecular complexity index is 1680. The fourth-order valence-corrected chi connectivity index (χ4v) is 4.22. The number of H-pyrrole nitrogens is 1. The molecule has 3 aromatic carbocycles. The van der Waals surface area contributed by atoms with Crippen LogP contribution in [0.2, 0.25) is 0 Å². The molecule has 0 saturated carbocycles. The van der Waals surface area contributed by atoms with Crippen molar-refractivity contribution in [3.05, 3.63) is 88.4 Å². The second kappa shape index (κ2) is 8.28.